The highest BCUT2D eigenvalue weighted by Crippen LogP contribution is 2.29. The Bertz CT molecular complexity index is 86.5. The van der Waals surface area contributed by atoms with E-state index in [1.54, 1.807) is 6.26 Å². The van der Waals surface area contributed by atoms with E-state index in [9.17, 15) is 0 Å². The van der Waals surface area contributed by atoms with Crippen LogP contribution >= 0.6 is 11.8 Å². The van der Waals surface area contributed by atoms with Crippen molar-refractivity contribution in [2.45, 2.75) is 12.2 Å². The molecule has 0 aromatic carbocycles. The molecule has 0 aliphatic carbocycles. The highest BCUT2D eigenvalue weighted by atomic mass is 32.2. The molecule has 1 saturated heterocycles. The maximum Gasteiger partial charge on any atom is 0.0999 e. The monoisotopic (exact) mass is 130 g/mol. The average Bonchev–Trinajstić information content (AvgIpc) is 2.51. The number of hydrogen-bond acceptors (Lipinski definition) is 2. The van der Waals surface area contributed by atoms with Gasteiger partial charge in [-0.15, -0.1) is 0 Å². The van der Waals surface area contributed by atoms with Crippen LogP contribution < -0.4 is 0 Å². The third kappa shape index (κ3) is 2.26. The molecule has 0 aromatic heterocycles. The summed E-state index contributed by atoms with van der Waals surface area (Å²) in [7, 11) is 0. The molecule has 1 nitrogen and oxygen atoms in total. The van der Waals surface area contributed by atoms with Gasteiger partial charge in [-0.05, 0) is 6.92 Å². The second kappa shape index (κ2) is 3.02. The Hall–Kier alpha value is -0.110. The molecule has 1 fully saturated rings. The molecule has 0 bridgehead atoms. The van der Waals surface area contributed by atoms with Gasteiger partial charge in [0, 0.05) is 11.0 Å². The zero-order chi connectivity index (χ0) is 5.82. The van der Waals surface area contributed by atoms with Gasteiger partial charge in [-0.1, -0.05) is 6.08 Å². The van der Waals surface area contributed by atoms with Crippen molar-refractivity contribution in [2.24, 2.45) is 0 Å². The van der Waals surface area contributed by atoms with Gasteiger partial charge in [-0.3, -0.25) is 0 Å². The van der Waals surface area contributed by atoms with E-state index in [0.717, 1.165) is 11.9 Å². The van der Waals surface area contributed by atoms with Gasteiger partial charge in [0.25, 0.3) is 0 Å². The van der Waals surface area contributed by atoms with Gasteiger partial charge in [0.2, 0.25) is 0 Å². The van der Waals surface area contributed by atoms with E-state index >= 15 is 0 Å². The topological polar surface area (TPSA) is 9.23 Å². The van der Waals surface area contributed by atoms with Crippen molar-refractivity contribution in [3.63, 3.8) is 0 Å². The summed E-state index contributed by atoms with van der Waals surface area (Å²) in [6, 6.07) is 0. The van der Waals surface area contributed by atoms with E-state index in [1.165, 1.54) is 5.75 Å². The Morgan fingerprint density at radius 2 is 2.62 bits per heavy atom. The molecule has 0 N–H and O–H groups in total. The smallest absolute Gasteiger partial charge is 0.0999 e. The van der Waals surface area contributed by atoms with Crippen LogP contribution in [-0.2, 0) is 4.74 Å². The van der Waals surface area contributed by atoms with E-state index in [2.05, 4.69) is 0 Å². The molecule has 0 saturated carbocycles. The van der Waals surface area contributed by atoms with Crippen molar-refractivity contribution >= 4 is 11.8 Å². The highest BCUT2D eigenvalue weighted by molar-refractivity contribution is 8.06. The lowest BCUT2D eigenvalue weighted by Gasteiger charge is -1.92. The first-order valence-electron chi connectivity index (χ1n) is 2.78. The molecule has 1 aliphatic rings. The van der Waals surface area contributed by atoms with Gasteiger partial charge in [-0.25, -0.2) is 0 Å². The lowest BCUT2D eigenvalue weighted by Crippen LogP contribution is -1.93. The van der Waals surface area contributed by atoms with Crippen molar-refractivity contribution in [3.05, 3.63) is 12.3 Å². The van der Waals surface area contributed by atoms with Gasteiger partial charge >= 0.3 is 0 Å². The number of hydrogen-bond donors (Lipinski definition) is 0. The van der Waals surface area contributed by atoms with Crippen molar-refractivity contribution in [1.29, 1.82) is 0 Å². The van der Waals surface area contributed by atoms with E-state index in [-0.39, 0.29) is 0 Å². The van der Waals surface area contributed by atoms with E-state index in [0.29, 0.717) is 0 Å². The molecule has 46 valence electrons. The Balaban J connectivity index is 1.88. The summed E-state index contributed by atoms with van der Waals surface area (Å²) in [6.45, 7) is 2.86. The maximum absolute atomic E-state index is 5.11. The first kappa shape index (κ1) is 6.02. The highest BCUT2D eigenvalue weighted by Gasteiger charge is 2.21. The van der Waals surface area contributed by atoms with Gasteiger partial charge in [0.15, 0.2) is 0 Å². The quantitative estimate of drug-likeness (QED) is 0.424. The standard InChI is InChI=1S/C6H10OS/c1-2-3-7-4-6-5-8-6/h2-3,6H,4-5H2,1H3/b3-2+. The molecule has 0 aromatic rings. The molecular weight excluding hydrogens is 120 g/mol. The molecule has 2 heteroatoms. The van der Waals surface area contributed by atoms with E-state index < -0.39 is 0 Å². The molecular formula is C6H10OS. The number of ether oxygens (including phenoxy) is 1. The molecule has 1 atom stereocenters. The Morgan fingerprint density at radius 3 is 3.12 bits per heavy atom. The molecule has 0 radical (unpaired) electrons. The molecule has 1 unspecified atom stereocenters. The summed E-state index contributed by atoms with van der Waals surface area (Å²) in [5.41, 5.74) is 0. The van der Waals surface area contributed by atoms with Crippen molar-refractivity contribution in [2.75, 3.05) is 12.4 Å². The van der Waals surface area contributed by atoms with Crippen LogP contribution in [0.1, 0.15) is 6.92 Å². The predicted octanol–water partition coefficient (Wildman–Crippen LogP) is 1.65. The van der Waals surface area contributed by atoms with Crippen molar-refractivity contribution < 1.29 is 4.74 Å². The van der Waals surface area contributed by atoms with Crippen LogP contribution in [-0.4, -0.2) is 17.6 Å². The van der Waals surface area contributed by atoms with Gasteiger partial charge in [-0.2, -0.15) is 11.8 Å². The van der Waals surface area contributed by atoms with Gasteiger partial charge in [0.05, 0.1) is 12.9 Å². The van der Waals surface area contributed by atoms with E-state index in [4.69, 9.17) is 4.74 Å². The Labute approximate surface area is 54.1 Å². The second-order valence-corrected chi connectivity index (χ2v) is 3.09. The fraction of sp³-hybridized carbons (Fsp3) is 0.667. The summed E-state index contributed by atoms with van der Waals surface area (Å²) < 4.78 is 5.11. The minimum Gasteiger partial charge on any atom is -0.500 e. The number of rotatable bonds is 3. The van der Waals surface area contributed by atoms with E-state index in [1.807, 2.05) is 24.8 Å². The van der Waals surface area contributed by atoms with Crippen LogP contribution in [0.2, 0.25) is 0 Å². The average molecular weight is 130 g/mol. The zero-order valence-electron chi connectivity index (χ0n) is 4.96. The normalized spacial score (nSPS) is 26.4. The first-order chi connectivity index (χ1) is 3.93. The van der Waals surface area contributed by atoms with Crippen LogP contribution in [0.4, 0.5) is 0 Å². The van der Waals surface area contributed by atoms with Crippen LogP contribution in [0.5, 0.6) is 0 Å². The number of allylic oxidation sites excluding steroid dienone is 1. The van der Waals surface area contributed by atoms with Crippen molar-refractivity contribution in [3.8, 4) is 0 Å². The number of thioether (sulfide) groups is 1. The van der Waals surface area contributed by atoms with Crippen molar-refractivity contribution in [1.82, 2.24) is 0 Å². The van der Waals surface area contributed by atoms with Crippen LogP contribution in [0.15, 0.2) is 12.3 Å². The second-order valence-electron chi connectivity index (χ2n) is 1.76. The molecule has 1 rings (SSSR count). The van der Waals surface area contributed by atoms with Crippen LogP contribution in [0.3, 0.4) is 0 Å². The van der Waals surface area contributed by atoms with Gasteiger partial charge < -0.3 is 4.74 Å². The Kier molecular flexibility index (Phi) is 2.27. The summed E-state index contributed by atoms with van der Waals surface area (Å²) >= 11 is 1.96. The summed E-state index contributed by atoms with van der Waals surface area (Å²) in [6.07, 6.45) is 3.66. The van der Waals surface area contributed by atoms with Crippen LogP contribution in [0, 0.1) is 0 Å². The first-order valence-corrected chi connectivity index (χ1v) is 3.82. The molecule has 8 heavy (non-hydrogen) atoms. The van der Waals surface area contributed by atoms with Gasteiger partial charge in [0.1, 0.15) is 0 Å². The zero-order valence-corrected chi connectivity index (χ0v) is 5.78. The third-order valence-corrected chi connectivity index (χ3v) is 1.86. The molecule has 1 heterocycles. The predicted molar refractivity (Wildman–Crippen MR) is 37.0 cm³/mol. The van der Waals surface area contributed by atoms with Crippen LogP contribution in [0.25, 0.3) is 0 Å². The summed E-state index contributed by atoms with van der Waals surface area (Å²) in [4.78, 5) is 0. The Morgan fingerprint density at radius 1 is 1.88 bits per heavy atom. The lowest BCUT2D eigenvalue weighted by molar-refractivity contribution is 0.260. The minimum absolute atomic E-state index is 0.797. The fourth-order valence-electron chi connectivity index (χ4n) is 0.423. The molecule has 0 spiro atoms. The lowest BCUT2D eigenvalue weighted by atomic mass is 10.5. The minimum atomic E-state index is 0.797. The SMILES string of the molecule is C/C=C/OCC1CS1. The summed E-state index contributed by atoms with van der Waals surface area (Å²) in [5, 5.41) is 0.797. The third-order valence-electron chi connectivity index (χ3n) is 0.917. The molecule has 0 amide bonds. The fourth-order valence-corrected chi connectivity index (χ4v) is 0.830. The largest absolute Gasteiger partial charge is 0.500 e. The molecule has 1 aliphatic heterocycles. The maximum atomic E-state index is 5.11. The summed E-state index contributed by atoms with van der Waals surface area (Å²) in [5.74, 6) is 1.29.